The minimum absolute atomic E-state index is 0.102. The number of anilines is 1. The Balaban J connectivity index is 1.79. The number of hydrogen-bond acceptors (Lipinski definition) is 7. The third-order valence-electron chi connectivity index (χ3n) is 4.07. The van der Waals surface area contributed by atoms with Crippen molar-refractivity contribution in [2.45, 2.75) is 0 Å². The van der Waals surface area contributed by atoms with Crippen LogP contribution in [0.2, 0.25) is 0 Å². The highest BCUT2D eigenvalue weighted by molar-refractivity contribution is 5.78. The van der Waals surface area contributed by atoms with Crippen molar-refractivity contribution in [3.8, 4) is 11.3 Å². The Hall–Kier alpha value is -3.86. The third-order valence-corrected chi connectivity index (χ3v) is 4.07. The number of quaternary nitrogens is 1. The van der Waals surface area contributed by atoms with Gasteiger partial charge in [-0.2, -0.15) is 10.3 Å². The Morgan fingerprint density at radius 3 is 2.50 bits per heavy atom. The van der Waals surface area contributed by atoms with Crippen LogP contribution in [-0.4, -0.2) is 19.8 Å². The molecule has 5 N–H and O–H groups in total. The summed E-state index contributed by atoms with van der Waals surface area (Å²) in [6.45, 7) is 0. The van der Waals surface area contributed by atoms with Gasteiger partial charge in [0.2, 0.25) is 0 Å². The summed E-state index contributed by atoms with van der Waals surface area (Å²) in [7, 11) is 0. The molecule has 0 aliphatic carbocycles. The first-order valence-electron chi connectivity index (χ1n) is 8.25. The highest BCUT2D eigenvalue weighted by atomic mass is 16.8. The zero-order chi connectivity index (χ0) is 19.7. The van der Waals surface area contributed by atoms with Gasteiger partial charge in [0.25, 0.3) is 5.56 Å². The standard InChI is InChI=1S/C18H15N7O3/c19-17-16(22-21-12-6-8-13(9-7-12)25(27)28)18-20-15(26)10-14(24(18)23-17)11-4-2-1-3-5-11/h1-10,25,27H,(H2,19,23)(H,20,26). The van der Waals surface area contributed by atoms with Crippen molar-refractivity contribution in [2.24, 2.45) is 10.2 Å². The normalized spacial score (nSPS) is 12.6. The molecule has 4 aromatic rings. The fourth-order valence-electron chi connectivity index (χ4n) is 2.74. The fourth-order valence-corrected chi connectivity index (χ4v) is 2.74. The fraction of sp³-hybridized carbons (Fsp3) is 0. The van der Waals surface area contributed by atoms with Gasteiger partial charge in [-0.05, 0) is 12.1 Å². The molecule has 140 valence electrons. The Morgan fingerprint density at radius 2 is 1.82 bits per heavy atom. The van der Waals surface area contributed by atoms with Gasteiger partial charge in [0, 0.05) is 23.8 Å². The quantitative estimate of drug-likeness (QED) is 0.317. The van der Waals surface area contributed by atoms with E-state index >= 15 is 0 Å². The van der Waals surface area contributed by atoms with Crippen molar-refractivity contribution < 1.29 is 10.4 Å². The van der Waals surface area contributed by atoms with E-state index in [-0.39, 0.29) is 22.8 Å². The second-order valence-corrected chi connectivity index (χ2v) is 5.93. The first-order chi connectivity index (χ1) is 13.5. The average Bonchev–Trinajstić information content (AvgIpc) is 3.01. The van der Waals surface area contributed by atoms with E-state index in [1.807, 2.05) is 30.3 Å². The number of rotatable bonds is 4. The van der Waals surface area contributed by atoms with Gasteiger partial charge in [0.1, 0.15) is 0 Å². The molecule has 4 rings (SSSR count). The van der Waals surface area contributed by atoms with Crippen LogP contribution in [0.3, 0.4) is 0 Å². The predicted molar refractivity (Wildman–Crippen MR) is 102 cm³/mol. The van der Waals surface area contributed by atoms with E-state index in [0.717, 1.165) is 5.56 Å². The summed E-state index contributed by atoms with van der Waals surface area (Å²) in [5.74, 6) is 0.102. The van der Waals surface area contributed by atoms with Gasteiger partial charge in [0.05, 0.1) is 11.4 Å². The maximum absolute atomic E-state index is 12.1. The molecule has 1 atom stereocenters. The SMILES string of the molecule is Nc1nn2c(-c3ccccc3)cc(=O)[nH]c2c1N=Nc1ccc([NH+]([O-])O)cc1. The number of hydrogen-bond donors (Lipinski definition) is 4. The smallest absolute Gasteiger partial charge is 0.251 e. The molecule has 28 heavy (non-hydrogen) atoms. The summed E-state index contributed by atoms with van der Waals surface area (Å²) in [6.07, 6.45) is 0. The minimum atomic E-state index is -1.03. The topological polar surface area (TPSA) is 149 Å². The highest BCUT2D eigenvalue weighted by Crippen LogP contribution is 2.30. The lowest BCUT2D eigenvalue weighted by Gasteiger charge is -2.10. The summed E-state index contributed by atoms with van der Waals surface area (Å²) in [6, 6.07) is 16.6. The second-order valence-electron chi connectivity index (χ2n) is 5.93. The summed E-state index contributed by atoms with van der Waals surface area (Å²) < 4.78 is 1.51. The average molecular weight is 377 g/mol. The van der Waals surface area contributed by atoms with Crippen molar-refractivity contribution in [1.29, 1.82) is 0 Å². The molecule has 0 saturated carbocycles. The molecule has 2 aromatic carbocycles. The lowest BCUT2D eigenvalue weighted by atomic mass is 10.1. The molecule has 10 nitrogen and oxygen atoms in total. The molecule has 2 heterocycles. The summed E-state index contributed by atoms with van der Waals surface area (Å²) >= 11 is 0. The van der Waals surface area contributed by atoms with E-state index in [9.17, 15) is 10.0 Å². The van der Waals surface area contributed by atoms with Crippen LogP contribution < -0.4 is 16.5 Å². The lowest BCUT2D eigenvalue weighted by Crippen LogP contribution is -2.99. The maximum atomic E-state index is 12.1. The molecular formula is C18H15N7O3. The van der Waals surface area contributed by atoms with Crippen LogP contribution in [-0.2, 0) is 0 Å². The molecule has 0 radical (unpaired) electrons. The van der Waals surface area contributed by atoms with Crippen LogP contribution in [0.25, 0.3) is 16.9 Å². The van der Waals surface area contributed by atoms with Crippen LogP contribution in [0.1, 0.15) is 0 Å². The molecule has 10 heteroatoms. The van der Waals surface area contributed by atoms with Gasteiger partial charge in [-0.3, -0.25) is 4.79 Å². The van der Waals surface area contributed by atoms with Gasteiger partial charge in [-0.15, -0.1) is 10.2 Å². The van der Waals surface area contributed by atoms with Crippen molar-refractivity contribution >= 4 is 28.5 Å². The molecule has 2 aromatic heterocycles. The number of nitrogens with two attached hydrogens (primary N) is 1. The van der Waals surface area contributed by atoms with Gasteiger partial charge in [-0.25, -0.2) is 9.72 Å². The monoisotopic (exact) mass is 377 g/mol. The molecule has 0 aliphatic heterocycles. The second kappa shape index (κ2) is 7.04. The Labute approximate surface area is 157 Å². The number of fused-ring (bicyclic) bond motifs is 1. The van der Waals surface area contributed by atoms with E-state index in [4.69, 9.17) is 10.9 Å². The summed E-state index contributed by atoms with van der Waals surface area (Å²) in [4.78, 5) is 14.8. The number of benzene rings is 2. The molecule has 0 saturated heterocycles. The molecule has 0 amide bonds. The minimum Gasteiger partial charge on any atom is -0.595 e. The first kappa shape index (κ1) is 17.5. The summed E-state index contributed by atoms with van der Waals surface area (Å²) in [5.41, 5.74) is 8.15. The Morgan fingerprint density at radius 1 is 1.11 bits per heavy atom. The van der Waals surface area contributed by atoms with E-state index in [2.05, 4.69) is 20.3 Å². The van der Waals surface area contributed by atoms with Crippen molar-refractivity contribution in [3.05, 3.63) is 76.2 Å². The number of aromatic amines is 1. The number of nitrogens with one attached hydrogen (secondary N) is 2. The zero-order valence-electron chi connectivity index (χ0n) is 14.4. The largest absolute Gasteiger partial charge is 0.595 e. The van der Waals surface area contributed by atoms with Gasteiger partial charge in [-0.1, -0.05) is 30.3 Å². The van der Waals surface area contributed by atoms with Crippen LogP contribution in [0.5, 0.6) is 0 Å². The van der Waals surface area contributed by atoms with Crippen LogP contribution >= 0.6 is 0 Å². The lowest BCUT2D eigenvalue weighted by molar-refractivity contribution is -0.991. The van der Waals surface area contributed by atoms with E-state index in [1.54, 1.807) is 0 Å². The summed E-state index contributed by atoms with van der Waals surface area (Å²) in [5, 5.41) is 31.3. The number of azo groups is 1. The maximum Gasteiger partial charge on any atom is 0.251 e. The Kier molecular flexibility index (Phi) is 4.41. The Bertz CT molecular complexity index is 1210. The third kappa shape index (κ3) is 3.25. The van der Waals surface area contributed by atoms with Crippen LogP contribution in [0.15, 0.2) is 75.7 Å². The number of nitrogens with zero attached hydrogens (tertiary/aromatic N) is 4. The van der Waals surface area contributed by atoms with Crippen LogP contribution in [0.4, 0.5) is 22.9 Å². The first-order valence-corrected chi connectivity index (χ1v) is 8.25. The predicted octanol–water partition coefficient (Wildman–Crippen LogP) is 2.09. The zero-order valence-corrected chi connectivity index (χ0v) is 14.4. The van der Waals surface area contributed by atoms with E-state index in [0.29, 0.717) is 17.0 Å². The molecule has 0 spiro atoms. The number of aromatic nitrogens is 3. The van der Waals surface area contributed by atoms with E-state index in [1.165, 1.54) is 34.8 Å². The van der Waals surface area contributed by atoms with Crippen molar-refractivity contribution in [1.82, 2.24) is 14.6 Å². The number of nitrogen functional groups attached to an aromatic ring is 1. The van der Waals surface area contributed by atoms with Crippen molar-refractivity contribution in [3.63, 3.8) is 0 Å². The molecule has 0 bridgehead atoms. The van der Waals surface area contributed by atoms with Gasteiger partial charge < -0.3 is 15.9 Å². The molecule has 0 fully saturated rings. The molecular weight excluding hydrogens is 362 g/mol. The highest BCUT2D eigenvalue weighted by Gasteiger charge is 2.15. The van der Waals surface area contributed by atoms with Gasteiger partial charge in [0.15, 0.2) is 22.8 Å². The molecule has 1 unspecified atom stereocenters. The van der Waals surface area contributed by atoms with E-state index < -0.39 is 5.23 Å². The van der Waals surface area contributed by atoms with Gasteiger partial charge >= 0.3 is 0 Å². The molecule has 0 aliphatic rings. The number of H-pyrrole nitrogens is 1. The van der Waals surface area contributed by atoms with Crippen LogP contribution in [0, 0.1) is 5.21 Å². The van der Waals surface area contributed by atoms with Crippen molar-refractivity contribution in [2.75, 3.05) is 5.73 Å².